The lowest BCUT2D eigenvalue weighted by Crippen LogP contribution is -2.11. The highest BCUT2D eigenvalue weighted by atomic mass is 16.5. The summed E-state index contributed by atoms with van der Waals surface area (Å²) in [5.41, 5.74) is 6.52. The number of methoxy groups -OCH3 is 1. The Hall–Kier alpha value is -2.38. The molecule has 2 aromatic rings. The second-order valence-electron chi connectivity index (χ2n) is 3.66. The van der Waals surface area contributed by atoms with Gasteiger partial charge in [-0.3, -0.25) is 4.68 Å². The molecule has 8 nitrogen and oxygen atoms in total. The van der Waals surface area contributed by atoms with E-state index < -0.39 is 0 Å². The Bertz CT molecular complexity index is 525. The molecule has 0 amide bonds. The van der Waals surface area contributed by atoms with Crippen LogP contribution in [0.25, 0.3) is 0 Å². The predicted octanol–water partition coefficient (Wildman–Crippen LogP) is -0.150. The van der Waals surface area contributed by atoms with E-state index in [-0.39, 0.29) is 12.0 Å². The van der Waals surface area contributed by atoms with Gasteiger partial charge in [-0.15, -0.1) is 0 Å². The molecule has 18 heavy (non-hydrogen) atoms. The Labute approximate surface area is 104 Å². The van der Waals surface area contributed by atoms with Gasteiger partial charge in [0.1, 0.15) is 0 Å². The van der Waals surface area contributed by atoms with E-state index in [9.17, 15) is 0 Å². The highest BCUT2D eigenvalue weighted by Crippen LogP contribution is 2.08. The molecule has 3 N–H and O–H groups in total. The fraction of sp³-hybridized carbons (Fsp3) is 0.400. The number of ether oxygens (including phenoxy) is 1. The number of anilines is 2. The van der Waals surface area contributed by atoms with E-state index in [1.165, 1.54) is 7.11 Å². The molecular weight excluding hydrogens is 234 g/mol. The van der Waals surface area contributed by atoms with Gasteiger partial charge in [0, 0.05) is 26.2 Å². The summed E-state index contributed by atoms with van der Waals surface area (Å²) in [6, 6.07) is 2.16. The Kier molecular flexibility index (Phi) is 3.56. The van der Waals surface area contributed by atoms with Crippen molar-refractivity contribution in [3.8, 4) is 6.01 Å². The molecule has 0 saturated heterocycles. The minimum absolute atomic E-state index is 0.127. The first kappa shape index (κ1) is 12.1. The van der Waals surface area contributed by atoms with Crippen molar-refractivity contribution in [3.05, 3.63) is 18.0 Å². The van der Waals surface area contributed by atoms with Crippen LogP contribution in [0.3, 0.4) is 0 Å². The van der Waals surface area contributed by atoms with Crippen molar-refractivity contribution >= 4 is 11.9 Å². The summed E-state index contributed by atoms with van der Waals surface area (Å²) in [5.74, 6) is 0.525. The lowest BCUT2D eigenvalue weighted by atomic mass is 10.3. The Balaban J connectivity index is 1.91. The van der Waals surface area contributed by atoms with E-state index in [2.05, 4.69) is 25.4 Å². The van der Waals surface area contributed by atoms with Crippen LogP contribution in [-0.4, -0.2) is 38.4 Å². The topological polar surface area (TPSA) is 104 Å². The number of nitrogens with zero attached hydrogens (tertiary/aromatic N) is 5. The Morgan fingerprint density at radius 3 is 2.89 bits per heavy atom. The number of nitrogens with one attached hydrogen (secondary N) is 1. The zero-order valence-electron chi connectivity index (χ0n) is 10.3. The molecule has 0 aromatic carbocycles. The molecule has 0 saturated carbocycles. The minimum Gasteiger partial charge on any atom is -0.467 e. The van der Waals surface area contributed by atoms with Gasteiger partial charge in [-0.05, 0) is 6.07 Å². The van der Waals surface area contributed by atoms with Gasteiger partial charge in [-0.2, -0.15) is 20.1 Å². The highest BCUT2D eigenvalue weighted by Gasteiger charge is 2.04. The fourth-order valence-electron chi connectivity index (χ4n) is 1.44. The summed E-state index contributed by atoms with van der Waals surface area (Å²) in [7, 11) is 3.36. The van der Waals surface area contributed by atoms with Crippen LogP contribution in [0.15, 0.2) is 12.3 Å². The first-order valence-electron chi connectivity index (χ1n) is 5.45. The molecule has 0 fully saturated rings. The zero-order valence-corrected chi connectivity index (χ0v) is 10.3. The summed E-state index contributed by atoms with van der Waals surface area (Å²) in [6.45, 7) is 0.656. The van der Waals surface area contributed by atoms with Crippen LogP contribution in [0.2, 0.25) is 0 Å². The second-order valence-corrected chi connectivity index (χ2v) is 3.66. The second kappa shape index (κ2) is 5.30. The molecule has 0 aliphatic rings. The maximum Gasteiger partial charge on any atom is 0.322 e. The van der Waals surface area contributed by atoms with Crippen LogP contribution < -0.4 is 15.8 Å². The van der Waals surface area contributed by atoms with Crippen LogP contribution in [0.5, 0.6) is 6.01 Å². The molecule has 0 spiro atoms. The molecule has 96 valence electrons. The lowest BCUT2D eigenvalue weighted by molar-refractivity contribution is 0.379. The van der Waals surface area contributed by atoms with E-state index in [4.69, 9.17) is 10.5 Å². The number of aryl methyl sites for hydroxylation is 1. The summed E-state index contributed by atoms with van der Waals surface area (Å²) in [4.78, 5) is 11.8. The quantitative estimate of drug-likeness (QED) is 0.759. The van der Waals surface area contributed by atoms with Crippen LogP contribution >= 0.6 is 0 Å². The molecule has 0 aliphatic heterocycles. The number of rotatable bonds is 5. The van der Waals surface area contributed by atoms with Crippen molar-refractivity contribution in [2.45, 2.75) is 6.42 Å². The third kappa shape index (κ3) is 3.06. The van der Waals surface area contributed by atoms with E-state index in [1.807, 2.05) is 19.3 Å². The summed E-state index contributed by atoms with van der Waals surface area (Å²) in [6.07, 6.45) is 2.67. The molecule has 0 aliphatic carbocycles. The average molecular weight is 249 g/mol. The van der Waals surface area contributed by atoms with E-state index >= 15 is 0 Å². The van der Waals surface area contributed by atoms with Gasteiger partial charge in [0.25, 0.3) is 0 Å². The van der Waals surface area contributed by atoms with Gasteiger partial charge in [-0.25, -0.2) is 0 Å². The lowest BCUT2D eigenvalue weighted by Gasteiger charge is -2.05. The summed E-state index contributed by atoms with van der Waals surface area (Å²) < 4.78 is 6.67. The number of nitrogens with two attached hydrogens (primary N) is 1. The molecule has 0 atom stereocenters. The van der Waals surface area contributed by atoms with Crippen LogP contribution in [0.4, 0.5) is 11.9 Å². The maximum atomic E-state index is 5.52. The smallest absolute Gasteiger partial charge is 0.322 e. The van der Waals surface area contributed by atoms with E-state index in [1.54, 1.807) is 4.68 Å². The normalized spacial score (nSPS) is 10.3. The standard InChI is InChI=1S/C10H15N7O/c1-17-6-4-7(16-17)3-5-12-9-13-8(11)14-10(15-9)18-2/h4,6H,3,5H2,1-2H3,(H3,11,12,13,14,15). The SMILES string of the molecule is COc1nc(N)nc(NCCc2ccn(C)n2)n1. The molecule has 2 rings (SSSR count). The van der Waals surface area contributed by atoms with Crippen molar-refractivity contribution < 1.29 is 4.74 Å². The third-order valence-electron chi connectivity index (χ3n) is 2.25. The third-order valence-corrected chi connectivity index (χ3v) is 2.25. The minimum atomic E-state index is 0.127. The van der Waals surface area contributed by atoms with Crippen molar-refractivity contribution in [3.63, 3.8) is 0 Å². The van der Waals surface area contributed by atoms with Crippen molar-refractivity contribution in [2.24, 2.45) is 7.05 Å². The van der Waals surface area contributed by atoms with Gasteiger partial charge in [0.15, 0.2) is 0 Å². The van der Waals surface area contributed by atoms with Gasteiger partial charge < -0.3 is 15.8 Å². The molecule has 2 aromatic heterocycles. The molecule has 0 unspecified atom stereocenters. The number of aromatic nitrogens is 5. The van der Waals surface area contributed by atoms with Gasteiger partial charge in [0.05, 0.1) is 12.8 Å². The largest absolute Gasteiger partial charge is 0.467 e. The Morgan fingerprint density at radius 2 is 2.22 bits per heavy atom. The van der Waals surface area contributed by atoms with Crippen LogP contribution in [0, 0.1) is 0 Å². The number of hydrogen-bond donors (Lipinski definition) is 2. The molecule has 2 heterocycles. The predicted molar refractivity (Wildman–Crippen MR) is 66.2 cm³/mol. The van der Waals surface area contributed by atoms with E-state index in [0.29, 0.717) is 12.5 Å². The molecule has 0 radical (unpaired) electrons. The molecule has 0 bridgehead atoms. The van der Waals surface area contributed by atoms with Crippen molar-refractivity contribution in [2.75, 3.05) is 24.7 Å². The Morgan fingerprint density at radius 1 is 1.39 bits per heavy atom. The van der Waals surface area contributed by atoms with Crippen LogP contribution in [0.1, 0.15) is 5.69 Å². The fourth-order valence-corrected chi connectivity index (χ4v) is 1.44. The number of nitrogen functional groups attached to an aromatic ring is 1. The first-order valence-corrected chi connectivity index (χ1v) is 5.45. The first-order chi connectivity index (χ1) is 8.67. The summed E-state index contributed by atoms with van der Waals surface area (Å²) >= 11 is 0. The van der Waals surface area contributed by atoms with Crippen molar-refractivity contribution in [1.29, 1.82) is 0 Å². The van der Waals surface area contributed by atoms with Crippen molar-refractivity contribution in [1.82, 2.24) is 24.7 Å². The highest BCUT2D eigenvalue weighted by molar-refractivity contribution is 5.32. The molecule has 8 heteroatoms. The monoisotopic (exact) mass is 249 g/mol. The maximum absolute atomic E-state index is 5.52. The van der Waals surface area contributed by atoms with Gasteiger partial charge in [0.2, 0.25) is 11.9 Å². The van der Waals surface area contributed by atoms with Crippen LogP contribution in [-0.2, 0) is 13.5 Å². The van der Waals surface area contributed by atoms with Gasteiger partial charge in [-0.1, -0.05) is 0 Å². The van der Waals surface area contributed by atoms with Gasteiger partial charge >= 0.3 is 6.01 Å². The van der Waals surface area contributed by atoms with E-state index in [0.717, 1.165) is 12.1 Å². The number of hydrogen-bond acceptors (Lipinski definition) is 7. The molecular formula is C10H15N7O. The summed E-state index contributed by atoms with van der Waals surface area (Å²) in [5, 5.41) is 7.31. The average Bonchev–Trinajstić information content (AvgIpc) is 2.74. The zero-order chi connectivity index (χ0) is 13.0.